The predicted octanol–water partition coefficient (Wildman–Crippen LogP) is 2.03. The number of nitrogens with one attached hydrogen (secondary N) is 1. The molecule has 1 aliphatic carbocycles. The summed E-state index contributed by atoms with van der Waals surface area (Å²) in [6.07, 6.45) is 1.34. The lowest BCUT2D eigenvalue weighted by Crippen LogP contribution is -2.61. The van der Waals surface area contributed by atoms with Crippen LogP contribution in [0.5, 0.6) is 0 Å². The summed E-state index contributed by atoms with van der Waals surface area (Å²) in [6.45, 7) is 9.33. The summed E-state index contributed by atoms with van der Waals surface area (Å²) >= 11 is 0. The fourth-order valence-electron chi connectivity index (χ4n) is 3.09. The van der Waals surface area contributed by atoms with Crippen molar-refractivity contribution in [2.45, 2.75) is 40.2 Å². The van der Waals surface area contributed by atoms with Gasteiger partial charge in [-0.2, -0.15) is 0 Å². The molecule has 0 amide bonds. The zero-order valence-electron chi connectivity index (χ0n) is 7.78. The molecule has 0 bridgehead atoms. The minimum absolute atomic E-state index is 0.512. The molecule has 1 rings (SSSR count). The summed E-state index contributed by atoms with van der Waals surface area (Å²) in [5, 5.41) is 3.38. The molecule has 0 heterocycles. The van der Waals surface area contributed by atoms with Gasteiger partial charge in [-0.1, -0.05) is 27.7 Å². The Hall–Kier alpha value is -0.0400. The second-order valence-corrected chi connectivity index (χ2v) is 4.88. The van der Waals surface area contributed by atoms with E-state index in [1.165, 1.54) is 6.42 Å². The molecule has 0 aromatic rings. The lowest BCUT2D eigenvalue weighted by Gasteiger charge is -2.57. The van der Waals surface area contributed by atoms with E-state index in [0.29, 0.717) is 16.9 Å². The van der Waals surface area contributed by atoms with Crippen LogP contribution in [0.3, 0.4) is 0 Å². The molecule has 1 heteroatoms. The Morgan fingerprint density at radius 1 is 1.10 bits per heavy atom. The lowest BCUT2D eigenvalue weighted by molar-refractivity contribution is -0.0364. The third-order valence-corrected chi connectivity index (χ3v) is 2.76. The van der Waals surface area contributed by atoms with Gasteiger partial charge in [0.05, 0.1) is 0 Å². The Bertz CT molecular complexity index is 122. The molecular weight excluding hydrogens is 122 g/mol. The van der Waals surface area contributed by atoms with E-state index in [1.807, 2.05) is 0 Å². The highest BCUT2D eigenvalue weighted by Crippen LogP contribution is 2.53. The maximum Gasteiger partial charge on any atom is 0.0167 e. The third kappa shape index (κ3) is 0.968. The van der Waals surface area contributed by atoms with Crippen molar-refractivity contribution in [1.82, 2.24) is 5.32 Å². The monoisotopic (exact) mass is 141 g/mol. The van der Waals surface area contributed by atoms with Crippen LogP contribution in [0.15, 0.2) is 0 Å². The molecule has 0 unspecified atom stereocenters. The Morgan fingerprint density at radius 2 is 1.50 bits per heavy atom. The van der Waals surface area contributed by atoms with E-state index in [9.17, 15) is 0 Å². The van der Waals surface area contributed by atoms with Gasteiger partial charge in [-0.15, -0.1) is 0 Å². The second kappa shape index (κ2) is 1.97. The van der Waals surface area contributed by atoms with Crippen molar-refractivity contribution >= 4 is 0 Å². The van der Waals surface area contributed by atoms with E-state index in [0.717, 1.165) is 0 Å². The van der Waals surface area contributed by atoms with E-state index >= 15 is 0 Å². The molecule has 0 spiro atoms. The summed E-state index contributed by atoms with van der Waals surface area (Å²) in [5.41, 5.74) is 1.02. The van der Waals surface area contributed by atoms with Gasteiger partial charge in [0.25, 0.3) is 0 Å². The summed E-state index contributed by atoms with van der Waals surface area (Å²) in [5.74, 6) is 0. The van der Waals surface area contributed by atoms with Crippen LogP contribution in [-0.4, -0.2) is 13.1 Å². The van der Waals surface area contributed by atoms with Crippen molar-refractivity contribution in [2.75, 3.05) is 7.05 Å². The first-order valence-corrected chi connectivity index (χ1v) is 4.07. The zero-order chi connectivity index (χ0) is 7.99. The summed E-state index contributed by atoms with van der Waals surface area (Å²) in [7, 11) is 2.06. The first-order chi connectivity index (χ1) is 4.40. The van der Waals surface area contributed by atoms with Crippen molar-refractivity contribution in [3.8, 4) is 0 Å². The van der Waals surface area contributed by atoms with Gasteiger partial charge >= 0.3 is 0 Å². The van der Waals surface area contributed by atoms with Crippen molar-refractivity contribution < 1.29 is 0 Å². The van der Waals surface area contributed by atoms with Crippen molar-refractivity contribution in [3.63, 3.8) is 0 Å². The van der Waals surface area contributed by atoms with Gasteiger partial charge in [0.15, 0.2) is 0 Å². The van der Waals surface area contributed by atoms with Crippen LogP contribution in [-0.2, 0) is 0 Å². The van der Waals surface area contributed by atoms with E-state index in [-0.39, 0.29) is 0 Å². The Kier molecular flexibility index (Phi) is 1.59. The summed E-state index contributed by atoms with van der Waals surface area (Å²) in [4.78, 5) is 0. The van der Waals surface area contributed by atoms with Crippen LogP contribution >= 0.6 is 0 Å². The van der Waals surface area contributed by atoms with E-state index in [4.69, 9.17) is 0 Å². The van der Waals surface area contributed by atoms with Gasteiger partial charge in [-0.3, -0.25) is 0 Å². The smallest absolute Gasteiger partial charge is 0.0167 e. The standard InChI is InChI=1S/C9H19N/c1-8(2)6-9(3,4)7(8)10-5/h7,10H,6H2,1-5H3. The maximum absolute atomic E-state index is 3.38. The molecule has 60 valence electrons. The minimum atomic E-state index is 0.512. The zero-order valence-corrected chi connectivity index (χ0v) is 7.78. The molecule has 0 saturated heterocycles. The molecule has 1 nitrogen and oxygen atoms in total. The fourth-order valence-corrected chi connectivity index (χ4v) is 3.09. The Balaban J connectivity index is 2.64. The molecule has 0 aromatic carbocycles. The van der Waals surface area contributed by atoms with Crippen molar-refractivity contribution in [3.05, 3.63) is 0 Å². The molecule has 1 N–H and O–H groups in total. The quantitative estimate of drug-likeness (QED) is 0.589. The maximum atomic E-state index is 3.38. The SMILES string of the molecule is CNC1C(C)(C)CC1(C)C. The molecule has 0 aliphatic heterocycles. The largest absolute Gasteiger partial charge is 0.316 e. The van der Waals surface area contributed by atoms with Gasteiger partial charge in [-0.25, -0.2) is 0 Å². The lowest BCUT2D eigenvalue weighted by atomic mass is 9.52. The first-order valence-electron chi connectivity index (χ1n) is 4.07. The molecule has 1 fully saturated rings. The highest BCUT2D eigenvalue weighted by Gasteiger charge is 2.51. The second-order valence-electron chi connectivity index (χ2n) is 4.88. The number of hydrogen-bond donors (Lipinski definition) is 1. The van der Waals surface area contributed by atoms with E-state index in [1.54, 1.807) is 0 Å². The Labute approximate surface area is 64.2 Å². The van der Waals surface area contributed by atoms with Crippen molar-refractivity contribution in [1.29, 1.82) is 0 Å². The highest BCUT2D eigenvalue weighted by atomic mass is 15.0. The average molecular weight is 141 g/mol. The molecule has 1 aliphatic rings. The predicted molar refractivity (Wildman–Crippen MR) is 45.0 cm³/mol. The summed E-state index contributed by atoms with van der Waals surface area (Å²) in [6, 6.07) is 0.694. The van der Waals surface area contributed by atoms with Gasteiger partial charge < -0.3 is 5.32 Å². The van der Waals surface area contributed by atoms with E-state index in [2.05, 4.69) is 40.1 Å². The van der Waals surface area contributed by atoms with Crippen LogP contribution < -0.4 is 5.32 Å². The van der Waals surface area contributed by atoms with Gasteiger partial charge in [0, 0.05) is 6.04 Å². The van der Waals surface area contributed by atoms with Crippen LogP contribution in [0.4, 0.5) is 0 Å². The fraction of sp³-hybridized carbons (Fsp3) is 1.00. The topological polar surface area (TPSA) is 12.0 Å². The van der Waals surface area contributed by atoms with Crippen molar-refractivity contribution in [2.24, 2.45) is 10.8 Å². The molecule has 0 aromatic heterocycles. The third-order valence-electron chi connectivity index (χ3n) is 2.76. The first kappa shape index (κ1) is 8.06. The van der Waals surface area contributed by atoms with Gasteiger partial charge in [0.2, 0.25) is 0 Å². The Morgan fingerprint density at radius 3 is 1.60 bits per heavy atom. The molecule has 10 heavy (non-hydrogen) atoms. The van der Waals surface area contributed by atoms with Crippen LogP contribution in [0.25, 0.3) is 0 Å². The number of rotatable bonds is 1. The van der Waals surface area contributed by atoms with Gasteiger partial charge in [0.1, 0.15) is 0 Å². The normalized spacial score (nSPS) is 29.7. The summed E-state index contributed by atoms with van der Waals surface area (Å²) < 4.78 is 0. The molecular formula is C9H19N. The van der Waals surface area contributed by atoms with E-state index < -0.39 is 0 Å². The van der Waals surface area contributed by atoms with Crippen LogP contribution in [0.2, 0.25) is 0 Å². The molecule has 0 atom stereocenters. The number of hydrogen-bond acceptors (Lipinski definition) is 1. The highest BCUT2D eigenvalue weighted by molar-refractivity contribution is 5.05. The van der Waals surface area contributed by atoms with Gasteiger partial charge in [-0.05, 0) is 24.3 Å². The molecule has 0 radical (unpaired) electrons. The molecule has 1 saturated carbocycles. The average Bonchev–Trinajstić information content (AvgIpc) is 1.59. The van der Waals surface area contributed by atoms with Crippen LogP contribution in [0, 0.1) is 10.8 Å². The minimum Gasteiger partial charge on any atom is -0.316 e. The van der Waals surface area contributed by atoms with Crippen LogP contribution in [0.1, 0.15) is 34.1 Å².